The van der Waals surface area contributed by atoms with Crippen LogP contribution in [-0.2, 0) is 0 Å². The number of benzene rings is 2. The first-order valence-electron chi connectivity index (χ1n) is 7.83. The van der Waals surface area contributed by atoms with Gasteiger partial charge in [-0.05, 0) is 37.3 Å². The number of carboxylic acid groups (broad SMARTS) is 1. The zero-order valence-electron chi connectivity index (χ0n) is 13.7. The van der Waals surface area contributed by atoms with Crippen molar-refractivity contribution in [1.82, 2.24) is 20.2 Å². The predicted molar refractivity (Wildman–Crippen MR) is 94.2 cm³/mol. The van der Waals surface area contributed by atoms with Crippen LogP contribution in [0.3, 0.4) is 0 Å². The summed E-state index contributed by atoms with van der Waals surface area (Å²) in [4.78, 5) is 19.7. The van der Waals surface area contributed by atoms with E-state index >= 15 is 0 Å². The van der Waals surface area contributed by atoms with Crippen molar-refractivity contribution < 1.29 is 14.3 Å². The van der Waals surface area contributed by atoms with E-state index in [0.717, 1.165) is 5.56 Å². The number of nitrogens with one attached hydrogen (secondary N) is 1. The maximum absolute atomic E-state index is 14.0. The maximum Gasteiger partial charge on any atom is 0.335 e. The Morgan fingerprint density at radius 3 is 2.62 bits per heavy atom. The number of carbonyl (C=O) groups is 1. The number of fused-ring (bicyclic) bond motifs is 1. The van der Waals surface area contributed by atoms with Crippen molar-refractivity contribution in [1.29, 1.82) is 0 Å². The molecule has 0 spiro atoms. The third-order valence-electron chi connectivity index (χ3n) is 4.11. The average Bonchev–Trinajstić information content (AvgIpc) is 3.07. The lowest BCUT2D eigenvalue weighted by atomic mass is 10.1. The summed E-state index contributed by atoms with van der Waals surface area (Å²) in [6.07, 6.45) is 3.06. The van der Waals surface area contributed by atoms with Crippen LogP contribution in [0, 0.1) is 12.7 Å². The predicted octanol–water partition coefficient (Wildman–Crippen LogP) is 3.83. The van der Waals surface area contributed by atoms with E-state index in [0.29, 0.717) is 33.5 Å². The fourth-order valence-corrected chi connectivity index (χ4v) is 2.77. The SMILES string of the molecule is Cc1ccc(F)c(-c2cnc(-c3n[nH]c4ccc(C(=O)O)cc34)nc2)c1. The van der Waals surface area contributed by atoms with E-state index in [2.05, 4.69) is 20.2 Å². The second-order valence-electron chi connectivity index (χ2n) is 5.92. The van der Waals surface area contributed by atoms with Gasteiger partial charge in [0.15, 0.2) is 5.82 Å². The van der Waals surface area contributed by atoms with Crippen LogP contribution in [0.15, 0.2) is 48.8 Å². The molecule has 0 saturated heterocycles. The highest BCUT2D eigenvalue weighted by Crippen LogP contribution is 2.27. The third kappa shape index (κ3) is 2.69. The molecule has 0 radical (unpaired) electrons. The first kappa shape index (κ1) is 15.9. The van der Waals surface area contributed by atoms with Crippen molar-refractivity contribution in [3.05, 3.63) is 65.7 Å². The highest BCUT2D eigenvalue weighted by molar-refractivity contribution is 5.98. The molecule has 0 aliphatic carbocycles. The van der Waals surface area contributed by atoms with Gasteiger partial charge in [-0.3, -0.25) is 5.10 Å². The highest BCUT2D eigenvalue weighted by atomic mass is 19.1. The lowest BCUT2D eigenvalue weighted by Gasteiger charge is -2.05. The largest absolute Gasteiger partial charge is 0.478 e. The number of aryl methyl sites for hydroxylation is 1. The molecule has 0 aliphatic rings. The van der Waals surface area contributed by atoms with Crippen LogP contribution >= 0.6 is 0 Å². The molecule has 0 atom stereocenters. The zero-order valence-corrected chi connectivity index (χ0v) is 13.7. The fraction of sp³-hybridized carbons (Fsp3) is 0.0526. The Kier molecular flexibility index (Phi) is 3.69. The molecule has 7 heteroatoms. The number of hydrogen-bond donors (Lipinski definition) is 2. The summed E-state index contributed by atoms with van der Waals surface area (Å²) < 4.78 is 14.0. The van der Waals surface area contributed by atoms with Crippen molar-refractivity contribution in [3.8, 4) is 22.6 Å². The Hall–Kier alpha value is -3.61. The average molecular weight is 348 g/mol. The Balaban J connectivity index is 1.78. The van der Waals surface area contributed by atoms with Crippen molar-refractivity contribution in [3.63, 3.8) is 0 Å². The van der Waals surface area contributed by atoms with Gasteiger partial charge in [0.05, 0.1) is 11.1 Å². The molecule has 4 aromatic rings. The zero-order chi connectivity index (χ0) is 18.3. The third-order valence-corrected chi connectivity index (χ3v) is 4.11. The molecule has 26 heavy (non-hydrogen) atoms. The van der Waals surface area contributed by atoms with Crippen LogP contribution in [-0.4, -0.2) is 31.2 Å². The number of aromatic nitrogens is 4. The molecule has 128 valence electrons. The van der Waals surface area contributed by atoms with Crippen LogP contribution in [0.1, 0.15) is 15.9 Å². The van der Waals surface area contributed by atoms with Gasteiger partial charge in [-0.1, -0.05) is 11.6 Å². The first-order valence-corrected chi connectivity index (χ1v) is 7.83. The Bertz CT molecular complexity index is 1140. The summed E-state index contributed by atoms with van der Waals surface area (Å²) in [5.41, 5.74) is 3.20. The molecule has 0 saturated carbocycles. The van der Waals surface area contributed by atoms with E-state index in [9.17, 15) is 9.18 Å². The Morgan fingerprint density at radius 2 is 1.88 bits per heavy atom. The standard InChI is InChI=1S/C19H13FN4O2/c1-10-2-4-15(20)13(6-10)12-8-21-18(22-9-12)17-14-7-11(19(25)26)3-5-16(14)23-24-17/h2-9H,1H3,(H,23,24)(H,25,26). The van der Waals surface area contributed by atoms with Gasteiger partial charge in [0.2, 0.25) is 0 Å². The van der Waals surface area contributed by atoms with Crippen LogP contribution < -0.4 is 0 Å². The van der Waals surface area contributed by atoms with E-state index in [4.69, 9.17) is 5.11 Å². The molecular weight excluding hydrogens is 335 g/mol. The first-order chi connectivity index (χ1) is 12.5. The summed E-state index contributed by atoms with van der Waals surface area (Å²) in [7, 11) is 0. The number of hydrogen-bond acceptors (Lipinski definition) is 4. The Morgan fingerprint density at radius 1 is 1.12 bits per heavy atom. The molecule has 2 heterocycles. The molecular formula is C19H13FN4O2. The summed E-state index contributed by atoms with van der Waals surface area (Å²) in [5, 5.41) is 16.8. The normalized spacial score (nSPS) is 11.0. The van der Waals surface area contributed by atoms with Crippen LogP contribution in [0.5, 0.6) is 0 Å². The molecule has 2 aromatic carbocycles. The summed E-state index contributed by atoms with van der Waals surface area (Å²) in [6.45, 7) is 1.88. The molecule has 0 amide bonds. The minimum Gasteiger partial charge on any atom is -0.478 e. The molecule has 0 unspecified atom stereocenters. The van der Waals surface area contributed by atoms with Crippen molar-refractivity contribution in [2.45, 2.75) is 6.92 Å². The van der Waals surface area contributed by atoms with Gasteiger partial charge in [-0.25, -0.2) is 19.2 Å². The lowest BCUT2D eigenvalue weighted by molar-refractivity contribution is 0.0697. The number of carboxylic acids is 1. The summed E-state index contributed by atoms with van der Waals surface area (Å²) in [6, 6.07) is 9.50. The van der Waals surface area contributed by atoms with E-state index in [1.807, 2.05) is 6.92 Å². The lowest BCUT2D eigenvalue weighted by Crippen LogP contribution is -1.96. The summed E-state index contributed by atoms with van der Waals surface area (Å²) >= 11 is 0. The molecule has 0 aliphatic heterocycles. The van der Waals surface area contributed by atoms with Crippen LogP contribution in [0.25, 0.3) is 33.5 Å². The topological polar surface area (TPSA) is 91.8 Å². The van der Waals surface area contributed by atoms with E-state index in [-0.39, 0.29) is 11.4 Å². The fourth-order valence-electron chi connectivity index (χ4n) is 2.77. The quantitative estimate of drug-likeness (QED) is 0.587. The number of aromatic amines is 1. The second-order valence-corrected chi connectivity index (χ2v) is 5.92. The van der Waals surface area contributed by atoms with Gasteiger partial charge < -0.3 is 5.11 Å². The number of aromatic carboxylic acids is 1. The molecule has 2 aromatic heterocycles. The van der Waals surface area contributed by atoms with Gasteiger partial charge in [-0.15, -0.1) is 0 Å². The molecule has 2 N–H and O–H groups in total. The monoisotopic (exact) mass is 348 g/mol. The number of nitrogens with zero attached hydrogens (tertiary/aromatic N) is 3. The van der Waals surface area contributed by atoms with Crippen molar-refractivity contribution in [2.75, 3.05) is 0 Å². The minimum atomic E-state index is -1.02. The molecule has 6 nitrogen and oxygen atoms in total. The number of rotatable bonds is 3. The smallest absolute Gasteiger partial charge is 0.335 e. The maximum atomic E-state index is 14.0. The summed E-state index contributed by atoms with van der Waals surface area (Å²) in [5.74, 6) is -1.04. The number of halogens is 1. The van der Waals surface area contributed by atoms with Gasteiger partial charge >= 0.3 is 5.97 Å². The van der Waals surface area contributed by atoms with Crippen molar-refractivity contribution >= 4 is 16.9 Å². The number of H-pyrrole nitrogens is 1. The van der Waals surface area contributed by atoms with Gasteiger partial charge in [0, 0.05) is 28.9 Å². The van der Waals surface area contributed by atoms with Gasteiger partial charge in [0.25, 0.3) is 0 Å². The highest BCUT2D eigenvalue weighted by Gasteiger charge is 2.14. The minimum absolute atomic E-state index is 0.151. The molecule has 4 rings (SSSR count). The van der Waals surface area contributed by atoms with Gasteiger partial charge in [0.1, 0.15) is 11.5 Å². The molecule has 0 fully saturated rings. The second kappa shape index (κ2) is 6.03. The van der Waals surface area contributed by atoms with Crippen molar-refractivity contribution in [2.24, 2.45) is 0 Å². The molecule has 0 bridgehead atoms. The van der Waals surface area contributed by atoms with Crippen LogP contribution in [0.2, 0.25) is 0 Å². The van der Waals surface area contributed by atoms with E-state index < -0.39 is 5.97 Å². The van der Waals surface area contributed by atoms with Gasteiger partial charge in [-0.2, -0.15) is 5.10 Å². The van der Waals surface area contributed by atoms with E-state index in [1.54, 1.807) is 18.2 Å². The Labute approximate surface area is 147 Å². The van der Waals surface area contributed by atoms with E-state index in [1.165, 1.54) is 30.6 Å². The van der Waals surface area contributed by atoms with Crippen LogP contribution in [0.4, 0.5) is 4.39 Å².